The maximum Gasteiger partial charge on any atom is 0.264 e. The predicted molar refractivity (Wildman–Crippen MR) is 108 cm³/mol. The van der Waals surface area contributed by atoms with Crippen molar-refractivity contribution in [1.29, 1.82) is 5.26 Å². The topological polar surface area (TPSA) is 82.4 Å². The first-order valence-electron chi connectivity index (χ1n) is 9.29. The molecule has 2 unspecified atom stereocenters. The first-order valence-corrected chi connectivity index (χ1v) is 9.29. The molecule has 0 saturated carbocycles. The Kier molecular flexibility index (Phi) is 7.58. The van der Waals surface area contributed by atoms with Crippen molar-refractivity contribution in [1.82, 2.24) is 4.90 Å². The summed E-state index contributed by atoms with van der Waals surface area (Å²) in [6, 6.07) is 17.2. The molecule has 0 fully saturated rings. The van der Waals surface area contributed by atoms with Gasteiger partial charge in [0, 0.05) is 12.2 Å². The summed E-state index contributed by atoms with van der Waals surface area (Å²) in [6.45, 7) is 5.73. The lowest BCUT2D eigenvalue weighted by molar-refractivity contribution is -0.143. The number of anilines is 1. The molecule has 0 radical (unpaired) electrons. The van der Waals surface area contributed by atoms with Crippen molar-refractivity contribution in [2.24, 2.45) is 0 Å². The van der Waals surface area contributed by atoms with Gasteiger partial charge in [0.2, 0.25) is 5.91 Å². The van der Waals surface area contributed by atoms with Crippen LogP contribution in [0.1, 0.15) is 32.8 Å². The van der Waals surface area contributed by atoms with E-state index in [1.165, 1.54) is 4.90 Å². The molecule has 0 spiro atoms. The summed E-state index contributed by atoms with van der Waals surface area (Å²) in [5.41, 5.74) is 1.14. The maximum atomic E-state index is 12.9. The van der Waals surface area contributed by atoms with Crippen molar-refractivity contribution in [3.05, 3.63) is 60.2 Å². The van der Waals surface area contributed by atoms with Crippen molar-refractivity contribution >= 4 is 17.5 Å². The second-order valence-corrected chi connectivity index (χ2v) is 6.46. The molecule has 1 N–H and O–H groups in total. The van der Waals surface area contributed by atoms with E-state index in [1.54, 1.807) is 50.2 Å². The molecule has 6 heteroatoms. The maximum absolute atomic E-state index is 12.9. The number of rotatable bonds is 8. The molecule has 0 saturated heterocycles. The van der Waals surface area contributed by atoms with E-state index in [9.17, 15) is 9.59 Å². The van der Waals surface area contributed by atoms with Crippen LogP contribution in [0, 0.1) is 11.3 Å². The third kappa shape index (κ3) is 5.58. The number of benzene rings is 2. The monoisotopic (exact) mass is 379 g/mol. The molecule has 2 rings (SSSR count). The second-order valence-electron chi connectivity index (χ2n) is 6.46. The van der Waals surface area contributed by atoms with Gasteiger partial charge in [-0.3, -0.25) is 9.59 Å². The molecule has 0 heterocycles. The van der Waals surface area contributed by atoms with Gasteiger partial charge < -0.3 is 15.0 Å². The SMILES string of the molecule is CCCN(C(=O)C(C)Oc1cccc(C#N)c1)C(C)C(=O)Nc1ccccc1. The summed E-state index contributed by atoms with van der Waals surface area (Å²) in [5.74, 6) is -0.0932. The van der Waals surface area contributed by atoms with Gasteiger partial charge in [-0.15, -0.1) is 0 Å². The fourth-order valence-corrected chi connectivity index (χ4v) is 2.77. The molecule has 2 amide bonds. The number of carbonyl (C=O) groups excluding carboxylic acids is 2. The minimum atomic E-state index is -0.785. The molecule has 0 aliphatic carbocycles. The molecule has 2 aromatic rings. The highest BCUT2D eigenvalue weighted by molar-refractivity contribution is 5.97. The first-order chi connectivity index (χ1) is 13.5. The van der Waals surface area contributed by atoms with E-state index in [0.717, 1.165) is 0 Å². The highest BCUT2D eigenvalue weighted by Crippen LogP contribution is 2.17. The van der Waals surface area contributed by atoms with Crippen molar-refractivity contribution in [2.75, 3.05) is 11.9 Å². The molecule has 2 aromatic carbocycles. The molecule has 0 aliphatic rings. The Morgan fingerprint density at radius 2 is 1.86 bits per heavy atom. The van der Waals surface area contributed by atoms with Crippen LogP contribution < -0.4 is 10.1 Å². The van der Waals surface area contributed by atoms with Crippen molar-refractivity contribution in [3.8, 4) is 11.8 Å². The Bertz CT molecular complexity index is 846. The second kappa shape index (κ2) is 10.1. The van der Waals surface area contributed by atoms with Crippen LogP contribution in [0.2, 0.25) is 0 Å². The van der Waals surface area contributed by atoms with Crippen molar-refractivity contribution in [2.45, 2.75) is 39.3 Å². The van der Waals surface area contributed by atoms with Crippen LogP contribution in [-0.4, -0.2) is 35.4 Å². The zero-order valence-corrected chi connectivity index (χ0v) is 16.4. The molecule has 0 aliphatic heterocycles. The third-order valence-corrected chi connectivity index (χ3v) is 4.26. The average molecular weight is 379 g/mol. The van der Waals surface area contributed by atoms with E-state index in [2.05, 4.69) is 5.32 Å². The van der Waals surface area contributed by atoms with Gasteiger partial charge in [-0.25, -0.2) is 0 Å². The molecule has 28 heavy (non-hydrogen) atoms. The van der Waals surface area contributed by atoms with Crippen LogP contribution in [0.5, 0.6) is 5.75 Å². The lowest BCUT2D eigenvalue weighted by Gasteiger charge is -2.30. The van der Waals surface area contributed by atoms with Crippen molar-refractivity contribution in [3.63, 3.8) is 0 Å². The van der Waals surface area contributed by atoms with Crippen LogP contribution in [-0.2, 0) is 9.59 Å². The number of ether oxygens (including phenoxy) is 1. The first kappa shape index (κ1) is 21.0. The molecule has 2 atom stereocenters. The number of nitriles is 1. The molecule has 0 bridgehead atoms. The van der Waals surface area contributed by atoms with Crippen LogP contribution in [0.3, 0.4) is 0 Å². The number of nitrogens with one attached hydrogen (secondary N) is 1. The van der Waals surface area contributed by atoms with Gasteiger partial charge in [0.05, 0.1) is 11.6 Å². The Morgan fingerprint density at radius 1 is 1.14 bits per heavy atom. The third-order valence-electron chi connectivity index (χ3n) is 4.26. The summed E-state index contributed by atoms with van der Waals surface area (Å²) in [7, 11) is 0. The lowest BCUT2D eigenvalue weighted by atomic mass is 10.2. The van der Waals surface area contributed by atoms with Crippen molar-refractivity contribution < 1.29 is 14.3 Å². The lowest BCUT2D eigenvalue weighted by Crippen LogP contribution is -2.50. The highest BCUT2D eigenvalue weighted by atomic mass is 16.5. The largest absolute Gasteiger partial charge is 0.481 e. The fraction of sp³-hybridized carbons (Fsp3) is 0.318. The van der Waals surface area contributed by atoms with Gasteiger partial charge in [-0.1, -0.05) is 31.2 Å². The molecule has 146 valence electrons. The van der Waals surface area contributed by atoms with Gasteiger partial charge >= 0.3 is 0 Å². The Morgan fingerprint density at radius 3 is 2.50 bits per heavy atom. The van der Waals surface area contributed by atoms with E-state index in [0.29, 0.717) is 30.0 Å². The number of carbonyl (C=O) groups is 2. The van der Waals surface area contributed by atoms with Crippen LogP contribution >= 0.6 is 0 Å². The van der Waals surface area contributed by atoms with Crippen LogP contribution in [0.15, 0.2) is 54.6 Å². The fourth-order valence-electron chi connectivity index (χ4n) is 2.77. The Labute approximate surface area is 165 Å². The Hall–Kier alpha value is -3.33. The smallest absolute Gasteiger partial charge is 0.264 e. The molecular formula is C22H25N3O3. The minimum Gasteiger partial charge on any atom is -0.481 e. The zero-order valence-electron chi connectivity index (χ0n) is 16.4. The number of para-hydroxylation sites is 1. The van der Waals surface area contributed by atoms with E-state index in [1.807, 2.05) is 31.2 Å². The summed E-state index contributed by atoms with van der Waals surface area (Å²) in [4.78, 5) is 27.1. The summed E-state index contributed by atoms with van der Waals surface area (Å²) in [6.07, 6.45) is -0.0711. The average Bonchev–Trinajstić information content (AvgIpc) is 2.71. The summed E-state index contributed by atoms with van der Waals surface area (Å²) < 4.78 is 5.72. The Balaban J connectivity index is 2.08. The van der Waals surface area contributed by atoms with E-state index in [4.69, 9.17) is 10.00 Å². The van der Waals surface area contributed by atoms with Gasteiger partial charge in [0.1, 0.15) is 11.8 Å². The normalized spacial score (nSPS) is 12.4. The standard InChI is InChI=1S/C22H25N3O3/c1-4-13-25(16(2)21(26)24-19-10-6-5-7-11-19)22(27)17(3)28-20-12-8-9-18(14-20)15-23/h5-12,14,16-17H,4,13H2,1-3H3,(H,24,26). The van der Waals surface area contributed by atoms with Gasteiger partial charge in [-0.05, 0) is 50.6 Å². The van der Waals surface area contributed by atoms with Crippen LogP contribution in [0.25, 0.3) is 0 Å². The number of nitrogens with zero attached hydrogens (tertiary/aromatic N) is 2. The number of hydrogen-bond donors (Lipinski definition) is 1. The van der Waals surface area contributed by atoms with E-state index >= 15 is 0 Å². The van der Waals surface area contributed by atoms with E-state index in [-0.39, 0.29) is 11.8 Å². The number of amides is 2. The highest BCUT2D eigenvalue weighted by Gasteiger charge is 2.29. The molecule has 0 aromatic heterocycles. The quantitative estimate of drug-likeness (QED) is 0.760. The predicted octanol–water partition coefficient (Wildman–Crippen LogP) is 3.59. The zero-order chi connectivity index (χ0) is 20.5. The van der Waals surface area contributed by atoms with Gasteiger partial charge in [-0.2, -0.15) is 5.26 Å². The van der Waals surface area contributed by atoms with Gasteiger partial charge in [0.25, 0.3) is 5.91 Å². The summed E-state index contributed by atoms with van der Waals surface area (Å²) >= 11 is 0. The summed E-state index contributed by atoms with van der Waals surface area (Å²) in [5, 5.41) is 11.8. The van der Waals surface area contributed by atoms with Gasteiger partial charge in [0.15, 0.2) is 6.10 Å². The number of hydrogen-bond acceptors (Lipinski definition) is 4. The van der Waals surface area contributed by atoms with Crippen LogP contribution in [0.4, 0.5) is 5.69 Å². The minimum absolute atomic E-state index is 0.258. The molecule has 6 nitrogen and oxygen atoms in total. The van der Waals surface area contributed by atoms with E-state index < -0.39 is 12.1 Å². The molecular weight excluding hydrogens is 354 g/mol.